The number of nitrogens with zero attached hydrogens (tertiary/aromatic N) is 1. The number of halogens is 3. The minimum Gasteiger partial charge on any atom is -0.375 e. The number of hydrogen-bond acceptors (Lipinski definition) is 4. The van der Waals surface area contributed by atoms with Gasteiger partial charge >= 0.3 is 6.18 Å². The van der Waals surface area contributed by atoms with Crippen LogP contribution >= 0.6 is 11.3 Å². The summed E-state index contributed by atoms with van der Waals surface area (Å²) in [6, 6.07) is 0. The van der Waals surface area contributed by atoms with Crippen molar-refractivity contribution in [2.75, 3.05) is 12.3 Å². The molecule has 17 heavy (non-hydrogen) atoms. The molecular formula is C9H12F3N3OS. The number of nitrogens with two attached hydrogens (primary N) is 1. The van der Waals surface area contributed by atoms with E-state index in [1.807, 2.05) is 0 Å². The van der Waals surface area contributed by atoms with Crippen LogP contribution in [0.5, 0.6) is 0 Å². The Kier molecular flexibility index (Phi) is 4.33. The highest BCUT2D eigenvalue weighted by Crippen LogP contribution is 2.21. The summed E-state index contributed by atoms with van der Waals surface area (Å²) < 4.78 is 35.5. The van der Waals surface area contributed by atoms with Crippen LogP contribution in [0.3, 0.4) is 0 Å². The Morgan fingerprint density at radius 3 is 2.65 bits per heavy atom. The molecule has 1 amide bonds. The van der Waals surface area contributed by atoms with Gasteiger partial charge in [0, 0.05) is 13.0 Å². The van der Waals surface area contributed by atoms with E-state index in [0.717, 1.165) is 11.3 Å². The van der Waals surface area contributed by atoms with E-state index in [9.17, 15) is 18.0 Å². The number of anilines is 1. The number of alkyl halides is 3. The molecule has 1 rings (SSSR count). The average molecular weight is 267 g/mol. The van der Waals surface area contributed by atoms with Crippen molar-refractivity contribution in [2.24, 2.45) is 0 Å². The standard InChI is InChI=1S/C9H12F3N3OS/c1-5-6(17-8(13)15-5)7(16)14-4-2-3-9(10,11)12/h2-4H2,1H3,(H2,13,15)(H,14,16). The number of rotatable bonds is 4. The van der Waals surface area contributed by atoms with Crippen LogP contribution in [0.2, 0.25) is 0 Å². The molecule has 0 saturated carbocycles. The second kappa shape index (κ2) is 5.35. The van der Waals surface area contributed by atoms with E-state index in [1.165, 1.54) is 0 Å². The summed E-state index contributed by atoms with van der Waals surface area (Å²) in [5, 5.41) is 2.67. The lowest BCUT2D eigenvalue weighted by Crippen LogP contribution is -2.25. The second-order valence-electron chi connectivity index (χ2n) is 3.44. The Morgan fingerprint density at radius 1 is 1.53 bits per heavy atom. The smallest absolute Gasteiger partial charge is 0.375 e. The maximum absolute atomic E-state index is 11.8. The van der Waals surface area contributed by atoms with E-state index in [2.05, 4.69) is 10.3 Å². The first-order chi connectivity index (χ1) is 7.79. The summed E-state index contributed by atoms with van der Waals surface area (Å²) in [6.45, 7) is 1.60. The number of nitrogens with one attached hydrogen (secondary N) is 1. The first-order valence-corrected chi connectivity index (χ1v) is 5.69. The molecule has 0 aliphatic heterocycles. The van der Waals surface area contributed by atoms with E-state index >= 15 is 0 Å². The zero-order valence-electron chi connectivity index (χ0n) is 9.10. The summed E-state index contributed by atoms with van der Waals surface area (Å²) in [4.78, 5) is 15.7. The Morgan fingerprint density at radius 2 is 2.18 bits per heavy atom. The number of aryl methyl sites for hydroxylation is 1. The average Bonchev–Trinajstić information content (AvgIpc) is 2.51. The summed E-state index contributed by atoms with van der Waals surface area (Å²) in [5.74, 6) is -0.432. The van der Waals surface area contributed by atoms with Crippen LogP contribution in [0, 0.1) is 6.92 Å². The predicted octanol–water partition coefficient (Wildman–Crippen LogP) is 2.11. The van der Waals surface area contributed by atoms with Gasteiger partial charge in [-0.15, -0.1) is 0 Å². The van der Waals surface area contributed by atoms with Crippen LogP contribution in [0.25, 0.3) is 0 Å². The molecule has 0 unspecified atom stereocenters. The van der Waals surface area contributed by atoms with Crippen molar-refractivity contribution in [1.29, 1.82) is 0 Å². The number of thiazole rings is 1. The molecular weight excluding hydrogens is 255 g/mol. The quantitative estimate of drug-likeness (QED) is 0.821. The van der Waals surface area contributed by atoms with Crippen LogP contribution in [0.4, 0.5) is 18.3 Å². The molecule has 0 fully saturated rings. The first-order valence-electron chi connectivity index (χ1n) is 4.87. The van der Waals surface area contributed by atoms with Gasteiger partial charge in [0.2, 0.25) is 0 Å². The third-order valence-electron chi connectivity index (χ3n) is 1.94. The Labute approximate surface area is 100 Å². The summed E-state index contributed by atoms with van der Waals surface area (Å²) >= 11 is 1.02. The van der Waals surface area contributed by atoms with E-state index in [1.54, 1.807) is 6.92 Å². The normalized spacial score (nSPS) is 11.5. The maximum atomic E-state index is 11.8. The number of carbonyl (C=O) groups is 1. The van der Waals surface area contributed by atoms with Crippen molar-refractivity contribution < 1.29 is 18.0 Å². The van der Waals surface area contributed by atoms with Crippen LogP contribution in [0.15, 0.2) is 0 Å². The fourth-order valence-electron chi connectivity index (χ4n) is 1.20. The van der Waals surface area contributed by atoms with Gasteiger partial charge in [-0.1, -0.05) is 11.3 Å². The summed E-state index contributed by atoms with van der Waals surface area (Å²) in [7, 11) is 0. The Bertz CT molecular complexity index is 403. The van der Waals surface area contributed by atoms with Crippen LogP contribution < -0.4 is 11.1 Å². The molecule has 3 N–H and O–H groups in total. The van der Waals surface area contributed by atoms with Crippen LogP contribution in [0.1, 0.15) is 28.2 Å². The molecule has 4 nitrogen and oxygen atoms in total. The molecule has 8 heteroatoms. The SMILES string of the molecule is Cc1nc(N)sc1C(=O)NCCCC(F)(F)F. The van der Waals surface area contributed by atoms with Gasteiger partial charge in [-0.25, -0.2) is 4.98 Å². The highest BCUT2D eigenvalue weighted by Gasteiger charge is 2.26. The predicted molar refractivity (Wildman–Crippen MR) is 58.9 cm³/mol. The summed E-state index contributed by atoms with van der Waals surface area (Å²) in [5.41, 5.74) is 5.89. The molecule has 0 bridgehead atoms. The molecule has 0 radical (unpaired) electrons. The van der Waals surface area contributed by atoms with Gasteiger partial charge in [-0.05, 0) is 13.3 Å². The minimum atomic E-state index is -4.18. The van der Waals surface area contributed by atoms with Gasteiger partial charge in [-0.2, -0.15) is 13.2 Å². The number of hydrogen-bond donors (Lipinski definition) is 2. The van der Waals surface area contributed by atoms with Gasteiger partial charge in [0.05, 0.1) is 5.69 Å². The highest BCUT2D eigenvalue weighted by atomic mass is 32.1. The lowest BCUT2D eigenvalue weighted by Gasteiger charge is -2.06. The van der Waals surface area contributed by atoms with Gasteiger partial charge in [0.1, 0.15) is 4.88 Å². The molecule has 1 heterocycles. The number of carbonyl (C=O) groups excluding carboxylic acids is 1. The molecule has 0 aliphatic rings. The van der Waals surface area contributed by atoms with Gasteiger partial charge < -0.3 is 11.1 Å². The highest BCUT2D eigenvalue weighted by molar-refractivity contribution is 7.17. The third-order valence-corrected chi connectivity index (χ3v) is 2.93. The van der Waals surface area contributed by atoms with E-state index < -0.39 is 18.5 Å². The number of nitrogen functional groups attached to an aromatic ring is 1. The van der Waals surface area contributed by atoms with Crippen LogP contribution in [-0.4, -0.2) is 23.6 Å². The maximum Gasteiger partial charge on any atom is 0.389 e. The molecule has 0 aromatic carbocycles. The number of aromatic nitrogens is 1. The fourth-order valence-corrected chi connectivity index (χ4v) is 1.95. The van der Waals surface area contributed by atoms with E-state index in [4.69, 9.17) is 5.73 Å². The van der Waals surface area contributed by atoms with Gasteiger partial charge in [0.25, 0.3) is 5.91 Å². The lowest BCUT2D eigenvalue weighted by atomic mass is 10.3. The van der Waals surface area contributed by atoms with Gasteiger partial charge in [0.15, 0.2) is 5.13 Å². The van der Waals surface area contributed by atoms with Crippen molar-refractivity contribution >= 4 is 22.4 Å². The second-order valence-corrected chi connectivity index (χ2v) is 4.47. The first kappa shape index (κ1) is 13.8. The molecule has 1 aromatic rings. The van der Waals surface area contributed by atoms with Gasteiger partial charge in [-0.3, -0.25) is 4.79 Å². The Hall–Kier alpha value is -1.31. The van der Waals surface area contributed by atoms with Crippen molar-refractivity contribution in [3.63, 3.8) is 0 Å². The lowest BCUT2D eigenvalue weighted by molar-refractivity contribution is -0.135. The molecule has 0 spiro atoms. The molecule has 96 valence electrons. The zero-order chi connectivity index (χ0) is 13.1. The van der Waals surface area contributed by atoms with Crippen molar-refractivity contribution in [1.82, 2.24) is 10.3 Å². The Balaban J connectivity index is 2.38. The molecule has 0 atom stereocenters. The third kappa shape index (κ3) is 4.59. The molecule has 0 aliphatic carbocycles. The van der Waals surface area contributed by atoms with Crippen molar-refractivity contribution in [2.45, 2.75) is 25.9 Å². The van der Waals surface area contributed by atoms with Crippen molar-refractivity contribution in [3.05, 3.63) is 10.6 Å². The zero-order valence-corrected chi connectivity index (χ0v) is 9.91. The van der Waals surface area contributed by atoms with E-state index in [-0.39, 0.29) is 18.1 Å². The van der Waals surface area contributed by atoms with Crippen molar-refractivity contribution in [3.8, 4) is 0 Å². The molecule has 1 aromatic heterocycles. The largest absolute Gasteiger partial charge is 0.389 e. The minimum absolute atomic E-state index is 0.0183. The monoisotopic (exact) mass is 267 g/mol. The topological polar surface area (TPSA) is 68.0 Å². The van der Waals surface area contributed by atoms with Crippen LogP contribution in [-0.2, 0) is 0 Å². The number of amides is 1. The van der Waals surface area contributed by atoms with E-state index in [0.29, 0.717) is 10.6 Å². The summed E-state index contributed by atoms with van der Waals surface area (Å²) in [6.07, 6.45) is -5.23. The molecule has 0 saturated heterocycles. The fraction of sp³-hybridized carbons (Fsp3) is 0.556.